The van der Waals surface area contributed by atoms with E-state index in [-0.39, 0.29) is 0 Å². The van der Waals surface area contributed by atoms with E-state index in [0.717, 1.165) is 17.9 Å². The molecule has 2 N–H and O–H groups in total. The van der Waals surface area contributed by atoms with Gasteiger partial charge in [-0.15, -0.1) is 0 Å². The number of hydrogen-bond acceptors (Lipinski definition) is 2. The van der Waals surface area contributed by atoms with Gasteiger partial charge in [0, 0.05) is 5.56 Å². The van der Waals surface area contributed by atoms with Crippen molar-refractivity contribution in [2.75, 3.05) is 5.73 Å². The molecule has 3 nitrogen and oxygen atoms in total. The number of nitrogens with zero attached hydrogens (tertiary/aromatic N) is 2. The van der Waals surface area contributed by atoms with E-state index < -0.39 is 0 Å². The van der Waals surface area contributed by atoms with Gasteiger partial charge in [-0.3, -0.25) is 0 Å². The second-order valence-electron chi connectivity index (χ2n) is 4.29. The summed E-state index contributed by atoms with van der Waals surface area (Å²) in [6, 6.07) is 6.45. The summed E-state index contributed by atoms with van der Waals surface area (Å²) in [5.74, 6) is 0.748. The Morgan fingerprint density at radius 2 is 1.88 bits per heavy atom. The quantitative estimate of drug-likeness (QED) is 0.836. The molecule has 0 aliphatic heterocycles. The lowest BCUT2D eigenvalue weighted by molar-refractivity contribution is 0.696. The van der Waals surface area contributed by atoms with Crippen LogP contribution in [-0.4, -0.2) is 9.78 Å². The SMILES string of the molecule is Cc1ccc(Cn2ncc(C)c2N)cc1C. The molecule has 0 unspecified atom stereocenters. The molecule has 0 amide bonds. The first-order valence-corrected chi connectivity index (χ1v) is 5.42. The average molecular weight is 215 g/mol. The van der Waals surface area contributed by atoms with E-state index in [4.69, 9.17) is 5.73 Å². The lowest BCUT2D eigenvalue weighted by atomic mass is 10.1. The average Bonchev–Trinajstić information content (AvgIpc) is 2.55. The molecule has 0 saturated carbocycles. The second kappa shape index (κ2) is 4.00. The Morgan fingerprint density at radius 3 is 2.44 bits per heavy atom. The third-order valence-electron chi connectivity index (χ3n) is 2.98. The molecule has 0 aliphatic rings. The van der Waals surface area contributed by atoms with Crippen molar-refractivity contribution in [3.05, 3.63) is 46.6 Å². The van der Waals surface area contributed by atoms with Gasteiger partial charge in [0.2, 0.25) is 0 Å². The van der Waals surface area contributed by atoms with E-state index in [1.807, 2.05) is 11.6 Å². The Hall–Kier alpha value is -1.77. The summed E-state index contributed by atoms with van der Waals surface area (Å²) < 4.78 is 1.83. The minimum absolute atomic E-state index is 0.737. The monoisotopic (exact) mass is 215 g/mol. The van der Waals surface area contributed by atoms with Crippen molar-refractivity contribution in [2.45, 2.75) is 27.3 Å². The highest BCUT2D eigenvalue weighted by atomic mass is 15.3. The van der Waals surface area contributed by atoms with Crippen LogP contribution in [0.5, 0.6) is 0 Å². The van der Waals surface area contributed by atoms with E-state index in [2.05, 4.69) is 37.1 Å². The lowest BCUT2D eigenvalue weighted by Gasteiger charge is -2.07. The maximum Gasteiger partial charge on any atom is 0.124 e. The number of nitrogen functional groups attached to an aromatic ring is 1. The molecule has 84 valence electrons. The van der Waals surface area contributed by atoms with Crippen LogP contribution < -0.4 is 5.73 Å². The Labute approximate surface area is 95.9 Å². The zero-order valence-corrected chi connectivity index (χ0v) is 9.99. The number of anilines is 1. The molecule has 0 spiro atoms. The predicted molar refractivity (Wildman–Crippen MR) is 66.4 cm³/mol. The molecule has 1 heterocycles. The van der Waals surface area contributed by atoms with E-state index in [1.165, 1.54) is 16.7 Å². The van der Waals surface area contributed by atoms with Gasteiger partial charge in [0.25, 0.3) is 0 Å². The van der Waals surface area contributed by atoms with Crippen LogP contribution in [0.2, 0.25) is 0 Å². The van der Waals surface area contributed by atoms with Gasteiger partial charge in [-0.1, -0.05) is 18.2 Å². The largest absolute Gasteiger partial charge is 0.384 e. The summed E-state index contributed by atoms with van der Waals surface area (Å²) in [4.78, 5) is 0. The zero-order chi connectivity index (χ0) is 11.7. The number of nitrogens with two attached hydrogens (primary N) is 1. The molecule has 3 heteroatoms. The third kappa shape index (κ3) is 1.94. The van der Waals surface area contributed by atoms with Gasteiger partial charge in [0.15, 0.2) is 0 Å². The Morgan fingerprint density at radius 1 is 1.12 bits per heavy atom. The van der Waals surface area contributed by atoms with Crippen LogP contribution in [0.25, 0.3) is 0 Å². The van der Waals surface area contributed by atoms with Gasteiger partial charge in [0.05, 0.1) is 12.7 Å². The minimum Gasteiger partial charge on any atom is -0.384 e. The van der Waals surface area contributed by atoms with Gasteiger partial charge in [0.1, 0.15) is 5.82 Å². The fourth-order valence-corrected chi connectivity index (χ4v) is 1.69. The molecule has 0 radical (unpaired) electrons. The summed E-state index contributed by atoms with van der Waals surface area (Å²) in [5, 5.41) is 4.25. The molecule has 16 heavy (non-hydrogen) atoms. The lowest BCUT2D eigenvalue weighted by Crippen LogP contribution is -2.06. The summed E-state index contributed by atoms with van der Waals surface area (Å²) in [5.41, 5.74) is 10.8. The molecule has 1 aromatic heterocycles. The van der Waals surface area contributed by atoms with Crippen molar-refractivity contribution in [2.24, 2.45) is 0 Å². The van der Waals surface area contributed by atoms with E-state index >= 15 is 0 Å². The first-order chi connectivity index (χ1) is 7.58. The Balaban J connectivity index is 2.27. The normalized spacial score (nSPS) is 10.7. The minimum atomic E-state index is 0.737. The zero-order valence-electron chi connectivity index (χ0n) is 9.99. The highest BCUT2D eigenvalue weighted by Crippen LogP contribution is 2.14. The topological polar surface area (TPSA) is 43.8 Å². The summed E-state index contributed by atoms with van der Waals surface area (Å²) in [6.45, 7) is 6.95. The number of aromatic nitrogens is 2. The highest BCUT2D eigenvalue weighted by Gasteiger charge is 2.04. The van der Waals surface area contributed by atoms with Crippen LogP contribution in [-0.2, 0) is 6.54 Å². The van der Waals surface area contributed by atoms with Gasteiger partial charge in [-0.25, -0.2) is 4.68 Å². The predicted octanol–water partition coefficient (Wildman–Crippen LogP) is 2.44. The first kappa shape index (κ1) is 10.7. The van der Waals surface area contributed by atoms with Crippen molar-refractivity contribution in [1.82, 2.24) is 9.78 Å². The van der Waals surface area contributed by atoms with E-state index in [9.17, 15) is 0 Å². The molecular weight excluding hydrogens is 198 g/mol. The molecule has 0 fully saturated rings. The fourth-order valence-electron chi connectivity index (χ4n) is 1.69. The smallest absolute Gasteiger partial charge is 0.124 e. The summed E-state index contributed by atoms with van der Waals surface area (Å²) in [6.07, 6.45) is 1.80. The van der Waals surface area contributed by atoms with Crippen LogP contribution in [0.15, 0.2) is 24.4 Å². The molecule has 1 aromatic carbocycles. The van der Waals surface area contributed by atoms with Crippen LogP contribution in [0.4, 0.5) is 5.82 Å². The van der Waals surface area contributed by atoms with Crippen LogP contribution >= 0.6 is 0 Å². The third-order valence-corrected chi connectivity index (χ3v) is 2.98. The number of hydrogen-bond donors (Lipinski definition) is 1. The standard InChI is InChI=1S/C13H17N3/c1-9-4-5-12(6-10(9)2)8-16-13(14)11(3)7-15-16/h4-7H,8,14H2,1-3H3. The highest BCUT2D eigenvalue weighted by molar-refractivity contribution is 5.38. The van der Waals surface area contributed by atoms with Crippen molar-refractivity contribution in [3.8, 4) is 0 Å². The number of benzene rings is 1. The number of rotatable bonds is 2. The van der Waals surface area contributed by atoms with Crippen LogP contribution in [0, 0.1) is 20.8 Å². The summed E-state index contributed by atoms with van der Waals surface area (Å²) in [7, 11) is 0. The number of aryl methyl sites for hydroxylation is 3. The molecular formula is C13H17N3. The van der Waals surface area contributed by atoms with Crippen LogP contribution in [0.3, 0.4) is 0 Å². The van der Waals surface area contributed by atoms with Crippen LogP contribution in [0.1, 0.15) is 22.3 Å². The van der Waals surface area contributed by atoms with E-state index in [0.29, 0.717) is 0 Å². The van der Waals surface area contributed by atoms with Gasteiger partial charge >= 0.3 is 0 Å². The molecule has 0 saturated heterocycles. The molecule has 0 aliphatic carbocycles. The first-order valence-electron chi connectivity index (χ1n) is 5.42. The van der Waals surface area contributed by atoms with Crippen molar-refractivity contribution >= 4 is 5.82 Å². The Kier molecular flexibility index (Phi) is 2.69. The maximum atomic E-state index is 5.92. The van der Waals surface area contributed by atoms with E-state index in [1.54, 1.807) is 6.20 Å². The van der Waals surface area contributed by atoms with Crippen molar-refractivity contribution in [1.29, 1.82) is 0 Å². The van der Waals surface area contributed by atoms with Gasteiger partial charge < -0.3 is 5.73 Å². The van der Waals surface area contributed by atoms with Crippen molar-refractivity contribution in [3.63, 3.8) is 0 Å². The van der Waals surface area contributed by atoms with Gasteiger partial charge in [-0.2, -0.15) is 5.10 Å². The fraction of sp³-hybridized carbons (Fsp3) is 0.308. The van der Waals surface area contributed by atoms with Crippen molar-refractivity contribution < 1.29 is 0 Å². The molecule has 0 atom stereocenters. The molecule has 0 bridgehead atoms. The van der Waals surface area contributed by atoms with Gasteiger partial charge in [-0.05, 0) is 37.5 Å². The molecule has 2 rings (SSSR count). The maximum absolute atomic E-state index is 5.92. The Bertz CT molecular complexity index is 512. The summed E-state index contributed by atoms with van der Waals surface area (Å²) >= 11 is 0. The molecule has 2 aromatic rings. The second-order valence-corrected chi connectivity index (χ2v) is 4.29.